The van der Waals surface area contributed by atoms with Gasteiger partial charge in [0.25, 0.3) is 0 Å². The van der Waals surface area contributed by atoms with Crippen LogP contribution in [-0.2, 0) is 14.3 Å². The first-order valence-corrected chi connectivity index (χ1v) is 7.47. The van der Waals surface area contributed by atoms with Gasteiger partial charge in [0.15, 0.2) is 0 Å². The Morgan fingerprint density at radius 1 is 1.00 bits per heavy atom. The number of esters is 1. The number of para-hydroxylation sites is 1. The van der Waals surface area contributed by atoms with E-state index in [0.29, 0.717) is 5.75 Å². The van der Waals surface area contributed by atoms with Crippen LogP contribution in [0.4, 0.5) is 0 Å². The molecule has 0 saturated heterocycles. The first-order chi connectivity index (χ1) is 12.0. The Morgan fingerprint density at radius 2 is 1.56 bits per heavy atom. The number of carboxylic acids is 1. The molecule has 0 heterocycles. The van der Waals surface area contributed by atoms with Crippen molar-refractivity contribution in [3.05, 3.63) is 79.9 Å². The smallest absolute Gasteiger partial charge is 0.333 e. The Hall–Kier alpha value is -3.34. The summed E-state index contributed by atoms with van der Waals surface area (Å²) in [6.45, 7) is 7.99. The molecule has 0 spiro atoms. The summed E-state index contributed by atoms with van der Waals surface area (Å²) in [6.07, 6.45) is 1.27. The van der Waals surface area contributed by atoms with Gasteiger partial charge in [-0.05, 0) is 11.6 Å². The fourth-order valence-corrected chi connectivity index (χ4v) is 1.84. The Kier molecular flexibility index (Phi) is 8.23. The van der Waals surface area contributed by atoms with Gasteiger partial charge in [-0.25, -0.2) is 9.59 Å². The molecule has 130 valence electrons. The molecule has 5 nitrogen and oxygen atoms in total. The van der Waals surface area contributed by atoms with E-state index < -0.39 is 18.2 Å². The van der Waals surface area contributed by atoms with Crippen molar-refractivity contribution in [2.75, 3.05) is 0 Å². The van der Waals surface area contributed by atoms with E-state index >= 15 is 0 Å². The maximum atomic E-state index is 11.1. The highest BCUT2D eigenvalue weighted by molar-refractivity contribution is 5.81. The predicted molar refractivity (Wildman–Crippen MR) is 96.1 cm³/mol. The molecule has 25 heavy (non-hydrogen) atoms. The number of hydrogen-bond acceptors (Lipinski definition) is 4. The third-order valence-electron chi connectivity index (χ3n) is 2.89. The van der Waals surface area contributed by atoms with E-state index in [9.17, 15) is 9.59 Å². The van der Waals surface area contributed by atoms with Crippen LogP contribution in [0.5, 0.6) is 5.75 Å². The number of aliphatic carboxylic acids is 1. The first-order valence-electron chi connectivity index (χ1n) is 7.47. The summed E-state index contributed by atoms with van der Waals surface area (Å²) in [6, 6.07) is 17.5. The Labute approximate surface area is 146 Å². The van der Waals surface area contributed by atoms with Crippen molar-refractivity contribution in [2.45, 2.75) is 13.2 Å². The summed E-state index contributed by atoms with van der Waals surface area (Å²) >= 11 is 0. The van der Waals surface area contributed by atoms with Crippen LogP contribution in [-0.4, -0.2) is 23.3 Å². The Morgan fingerprint density at radius 3 is 2.12 bits per heavy atom. The lowest BCUT2D eigenvalue weighted by Gasteiger charge is -2.17. The third-order valence-corrected chi connectivity index (χ3v) is 2.89. The summed E-state index contributed by atoms with van der Waals surface area (Å²) in [5.74, 6) is -0.817. The maximum absolute atomic E-state index is 11.1. The molecule has 1 atom stereocenters. The maximum Gasteiger partial charge on any atom is 0.333 e. The van der Waals surface area contributed by atoms with Gasteiger partial charge in [-0.1, -0.05) is 61.7 Å². The second-order valence-electron chi connectivity index (χ2n) is 4.73. The molecule has 1 N–H and O–H groups in total. The van der Waals surface area contributed by atoms with Crippen molar-refractivity contribution in [1.29, 1.82) is 0 Å². The zero-order chi connectivity index (χ0) is 18.7. The molecule has 0 saturated carbocycles. The second-order valence-corrected chi connectivity index (χ2v) is 4.73. The minimum absolute atomic E-state index is 0.505. The number of carboxylic acid groups (broad SMARTS) is 1. The van der Waals surface area contributed by atoms with Crippen LogP contribution in [0.2, 0.25) is 0 Å². The lowest BCUT2D eigenvalue weighted by atomic mass is 10.1. The lowest BCUT2D eigenvalue weighted by molar-refractivity contribution is -0.154. The van der Waals surface area contributed by atoms with E-state index in [-0.39, 0.29) is 0 Å². The average Bonchev–Trinajstić information content (AvgIpc) is 2.63. The average molecular weight is 340 g/mol. The van der Waals surface area contributed by atoms with Gasteiger partial charge < -0.3 is 14.6 Å². The van der Waals surface area contributed by atoms with Crippen LogP contribution >= 0.6 is 0 Å². The molecule has 5 heteroatoms. The van der Waals surface area contributed by atoms with E-state index in [0.717, 1.165) is 23.3 Å². The van der Waals surface area contributed by atoms with Crippen molar-refractivity contribution < 1.29 is 24.2 Å². The monoisotopic (exact) mass is 340 g/mol. The van der Waals surface area contributed by atoms with E-state index in [4.69, 9.17) is 14.6 Å². The Bertz CT molecular complexity index is 722. The van der Waals surface area contributed by atoms with Crippen molar-refractivity contribution >= 4 is 11.9 Å². The second kappa shape index (κ2) is 10.4. The summed E-state index contributed by atoms with van der Waals surface area (Å²) in [5, 5.41) is 7.60. The van der Waals surface area contributed by atoms with Gasteiger partial charge in [-0.3, -0.25) is 0 Å². The van der Waals surface area contributed by atoms with Crippen molar-refractivity contribution in [1.82, 2.24) is 0 Å². The number of benzene rings is 2. The molecular weight excluding hydrogens is 320 g/mol. The zero-order valence-electron chi connectivity index (χ0n) is 13.9. The molecule has 0 aromatic heterocycles. The first kappa shape index (κ1) is 19.7. The van der Waals surface area contributed by atoms with Gasteiger partial charge in [-0.15, -0.1) is 0 Å². The van der Waals surface area contributed by atoms with Crippen LogP contribution < -0.4 is 4.74 Å². The van der Waals surface area contributed by atoms with Crippen LogP contribution in [0, 0.1) is 0 Å². The van der Waals surface area contributed by atoms with Gasteiger partial charge in [0.2, 0.25) is 6.29 Å². The Balaban J connectivity index is 0.000000550. The van der Waals surface area contributed by atoms with Crippen LogP contribution in [0.1, 0.15) is 6.92 Å². The third kappa shape index (κ3) is 7.18. The van der Waals surface area contributed by atoms with Gasteiger partial charge >= 0.3 is 11.9 Å². The fourth-order valence-electron chi connectivity index (χ4n) is 1.84. The van der Waals surface area contributed by atoms with E-state index in [1.807, 2.05) is 54.6 Å². The molecule has 0 amide bonds. The lowest BCUT2D eigenvalue weighted by Crippen LogP contribution is -2.19. The fraction of sp³-hybridized carbons (Fsp3) is 0.100. The quantitative estimate of drug-likeness (QED) is 0.487. The summed E-state index contributed by atoms with van der Waals surface area (Å²) in [5.41, 5.74) is 2.00. The van der Waals surface area contributed by atoms with Crippen molar-refractivity contribution in [3.8, 4) is 16.9 Å². The molecule has 0 radical (unpaired) electrons. The highest BCUT2D eigenvalue weighted by Crippen LogP contribution is 2.30. The molecule has 2 rings (SSSR count). The molecule has 0 bridgehead atoms. The van der Waals surface area contributed by atoms with E-state index in [1.165, 1.54) is 0 Å². The van der Waals surface area contributed by atoms with E-state index in [1.54, 1.807) is 6.92 Å². The topological polar surface area (TPSA) is 72.8 Å². The largest absolute Gasteiger partial charge is 0.478 e. The van der Waals surface area contributed by atoms with Gasteiger partial charge in [-0.2, -0.15) is 0 Å². The van der Waals surface area contributed by atoms with Crippen molar-refractivity contribution in [2.24, 2.45) is 0 Å². The van der Waals surface area contributed by atoms with Crippen LogP contribution in [0.15, 0.2) is 79.9 Å². The summed E-state index contributed by atoms with van der Waals surface area (Å²) in [4.78, 5) is 20.4. The minimum atomic E-state index is -0.981. The highest BCUT2D eigenvalue weighted by Gasteiger charge is 2.11. The highest BCUT2D eigenvalue weighted by atomic mass is 16.7. The van der Waals surface area contributed by atoms with Gasteiger partial charge in [0, 0.05) is 24.6 Å². The molecule has 0 fully saturated rings. The number of carbonyl (C=O) groups excluding carboxylic acids is 1. The summed E-state index contributed by atoms with van der Waals surface area (Å²) < 4.78 is 10.7. The van der Waals surface area contributed by atoms with Gasteiger partial charge in [0.1, 0.15) is 5.75 Å². The van der Waals surface area contributed by atoms with Crippen molar-refractivity contribution in [3.63, 3.8) is 0 Å². The number of carbonyl (C=O) groups is 2. The molecule has 0 aliphatic rings. The molecule has 1 unspecified atom stereocenters. The minimum Gasteiger partial charge on any atom is -0.478 e. The molecule has 0 aliphatic heterocycles. The SMILES string of the molecule is C=CC(=O)O.C=CC(=O)OC(C)Oc1ccccc1-c1ccccc1. The number of hydrogen-bond donors (Lipinski definition) is 1. The van der Waals surface area contributed by atoms with Gasteiger partial charge in [0.05, 0.1) is 0 Å². The number of ether oxygens (including phenoxy) is 2. The number of rotatable bonds is 6. The summed E-state index contributed by atoms with van der Waals surface area (Å²) in [7, 11) is 0. The zero-order valence-corrected chi connectivity index (χ0v) is 13.9. The predicted octanol–water partition coefficient (Wildman–Crippen LogP) is 4.06. The van der Waals surface area contributed by atoms with Crippen LogP contribution in [0.25, 0.3) is 11.1 Å². The van der Waals surface area contributed by atoms with E-state index in [2.05, 4.69) is 13.2 Å². The molecule has 2 aromatic carbocycles. The standard InChI is InChI=1S/C17H16O3.C3H4O2/c1-3-17(18)20-13(2)19-16-12-8-7-11-15(16)14-9-5-4-6-10-14;1-2-3(4)5/h3-13H,1H2,2H3;2H,1H2,(H,4,5). The molecular formula is C20H20O5. The van der Waals surface area contributed by atoms with Crippen LogP contribution in [0.3, 0.4) is 0 Å². The normalized spacial score (nSPS) is 10.4. The molecule has 2 aromatic rings. The molecule has 0 aliphatic carbocycles.